The Balaban J connectivity index is 1.30. The third-order valence-corrected chi connectivity index (χ3v) is 5.72. The Labute approximate surface area is 164 Å². The lowest BCUT2D eigenvalue weighted by Gasteiger charge is -2.48. The second-order valence-electron chi connectivity index (χ2n) is 7.52. The van der Waals surface area contributed by atoms with Gasteiger partial charge in [-0.05, 0) is 18.6 Å². The van der Waals surface area contributed by atoms with Crippen molar-refractivity contribution in [3.05, 3.63) is 35.7 Å². The van der Waals surface area contributed by atoms with E-state index in [0.717, 1.165) is 38.4 Å². The largest absolute Gasteiger partial charge is 0.355 e. The molecule has 0 unspecified atom stereocenters. The summed E-state index contributed by atoms with van der Waals surface area (Å²) in [4.78, 5) is 17.7. The fourth-order valence-corrected chi connectivity index (χ4v) is 4.24. The number of anilines is 2. The van der Waals surface area contributed by atoms with Gasteiger partial charge in [-0.25, -0.2) is 28.4 Å². The van der Waals surface area contributed by atoms with Gasteiger partial charge in [0, 0.05) is 37.8 Å². The number of alkyl halides is 2. The molecule has 0 atom stereocenters. The van der Waals surface area contributed by atoms with Gasteiger partial charge in [0.1, 0.15) is 23.7 Å². The number of aromatic nitrogens is 5. The van der Waals surface area contributed by atoms with E-state index in [0.29, 0.717) is 22.0 Å². The molecule has 1 spiro atoms. The monoisotopic (exact) mass is 405 g/mol. The van der Waals surface area contributed by atoms with Gasteiger partial charge in [0.05, 0.1) is 17.4 Å². The van der Waals surface area contributed by atoms with E-state index in [1.165, 1.54) is 10.9 Å². The van der Waals surface area contributed by atoms with Crippen LogP contribution in [0, 0.1) is 5.41 Å². The molecule has 0 saturated carbocycles. The third-order valence-electron chi connectivity index (χ3n) is 5.49. The molecule has 2 fully saturated rings. The SMILES string of the molecule is FC(F)Cn1ncc2ncc(N3CCC4(CN(c5ccc(Cl)cn5)C4)C3)nc21. The van der Waals surface area contributed by atoms with Gasteiger partial charge in [-0.15, -0.1) is 0 Å². The van der Waals surface area contributed by atoms with Crippen LogP contribution in [0.5, 0.6) is 0 Å². The quantitative estimate of drug-likeness (QED) is 0.665. The number of nitrogens with zero attached hydrogens (tertiary/aromatic N) is 7. The summed E-state index contributed by atoms with van der Waals surface area (Å²) in [6, 6.07) is 3.79. The van der Waals surface area contributed by atoms with E-state index in [9.17, 15) is 8.78 Å². The Bertz CT molecular complexity index is 1000. The maximum Gasteiger partial charge on any atom is 0.258 e. The van der Waals surface area contributed by atoms with Crippen molar-refractivity contribution in [1.82, 2.24) is 24.7 Å². The molecule has 3 aromatic heterocycles. The Morgan fingerprint density at radius 1 is 1.04 bits per heavy atom. The fourth-order valence-electron chi connectivity index (χ4n) is 4.13. The van der Waals surface area contributed by atoms with Gasteiger partial charge in [0.25, 0.3) is 6.43 Å². The van der Waals surface area contributed by atoms with E-state index in [1.54, 1.807) is 12.4 Å². The number of fused-ring (bicyclic) bond motifs is 1. The van der Waals surface area contributed by atoms with Crippen molar-refractivity contribution in [2.45, 2.75) is 19.4 Å². The van der Waals surface area contributed by atoms with Gasteiger partial charge in [0.2, 0.25) is 0 Å². The molecule has 3 aromatic rings. The molecule has 28 heavy (non-hydrogen) atoms. The number of rotatable bonds is 4. The van der Waals surface area contributed by atoms with Crippen LogP contribution in [0.3, 0.4) is 0 Å². The average molecular weight is 406 g/mol. The van der Waals surface area contributed by atoms with Crippen LogP contribution >= 0.6 is 11.6 Å². The predicted octanol–water partition coefficient (Wildman–Crippen LogP) is 2.86. The van der Waals surface area contributed by atoms with Crippen molar-refractivity contribution in [1.29, 1.82) is 0 Å². The lowest BCUT2D eigenvalue weighted by Crippen LogP contribution is -2.58. The molecule has 0 amide bonds. The van der Waals surface area contributed by atoms with Gasteiger partial charge < -0.3 is 9.80 Å². The highest BCUT2D eigenvalue weighted by Gasteiger charge is 2.48. The van der Waals surface area contributed by atoms with Crippen molar-refractivity contribution in [2.24, 2.45) is 5.41 Å². The van der Waals surface area contributed by atoms with E-state index >= 15 is 0 Å². The average Bonchev–Trinajstić information content (AvgIpc) is 3.26. The second kappa shape index (κ2) is 6.51. The highest BCUT2D eigenvalue weighted by Crippen LogP contribution is 2.42. The number of hydrogen-bond acceptors (Lipinski definition) is 6. The molecule has 0 radical (unpaired) electrons. The summed E-state index contributed by atoms with van der Waals surface area (Å²) in [7, 11) is 0. The fraction of sp³-hybridized carbons (Fsp3) is 0.444. The van der Waals surface area contributed by atoms with Crippen LogP contribution in [-0.4, -0.2) is 57.3 Å². The molecule has 2 aliphatic heterocycles. The molecule has 0 N–H and O–H groups in total. The molecule has 7 nitrogen and oxygen atoms in total. The molecular weight excluding hydrogens is 388 g/mol. The Morgan fingerprint density at radius 2 is 1.86 bits per heavy atom. The lowest BCUT2D eigenvalue weighted by atomic mass is 9.79. The zero-order chi connectivity index (χ0) is 19.3. The van der Waals surface area contributed by atoms with Gasteiger partial charge in [-0.2, -0.15) is 5.10 Å². The third kappa shape index (κ3) is 3.03. The number of pyridine rings is 1. The summed E-state index contributed by atoms with van der Waals surface area (Å²) < 4.78 is 26.7. The van der Waals surface area contributed by atoms with E-state index in [2.05, 4.69) is 29.9 Å². The first kappa shape index (κ1) is 17.5. The van der Waals surface area contributed by atoms with Crippen molar-refractivity contribution >= 4 is 34.4 Å². The first-order chi connectivity index (χ1) is 13.5. The maximum atomic E-state index is 12.7. The minimum absolute atomic E-state index is 0.196. The summed E-state index contributed by atoms with van der Waals surface area (Å²) in [5.74, 6) is 1.65. The molecule has 10 heteroatoms. The van der Waals surface area contributed by atoms with Crippen LogP contribution in [0.15, 0.2) is 30.7 Å². The van der Waals surface area contributed by atoms with Crippen molar-refractivity contribution in [2.75, 3.05) is 36.0 Å². The van der Waals surface area contributed by atoms with Crippen LogP contribution in [0.1, 0.15) is 6.42 Å². The molecule has 5 heterocycles. The van der Waals surface area contributed by atoms with Crippen LogP contribution in [-0.2, 0) is 6.54 Å². The first-order valence-electron chi connectivity index (χ1n) is 9.10. The Kier molecular flexibility index (Phi) is 4.08. The zero-order valence-electron chi connectivity index (χ0n) is 15.0. The van der Waals surface area contributed by atoms with Gasteiger partial charge in [-0.1, -0.05) is 11.6 Å². The molecule has 2 aliphatic rings. The smallest absolute Gasteiger partial charge is 0.258 e. The molecule has 5 rings (SSSR count). The molecule has 0 bridgehead atoms. The minimum atomic E-state index is -2.48. The van der Waals surface area contributed by atoms with E-state index in [-0.39, 0.29) is 5.41 Å². The summed E-state index contributed by atoms with van der Waals surface area (Å²) in [5.41, 5.74) is 1.13. The van der Waals surface area contributed by atoms with Crippen LogP contribution in [0.2, 0.25) is 5.02 Å². The van der Waals surface area contributed by atoms with Crippen molar-refractivity contribution in [3.63, 3.8) is 0 Å². The van der Waals surface area contributed by atoms with E-state index < -0.39 is 13.0 Å². The summed E-state index contributed by atoms with van der Waals surface area (Å²) in [6.45, 7) is 3.11. The summed E-state index contributed by atoms with van der Waals surface area (Å²) in [5, 5.41) is 4.61. The van der Waals surface area contributed by atoms with Gasteiger partial charge in [0.15, 0.2) is 5.65 Å². The highest BCUT2D eigenvalue weighted by atomic mass is 35.5. The first-order valence-corrected chi connectivity index (χ1v) is 9.47. The zero-order valence-corrected chi connectivity index (χ0v) is 15.7. The number of halogens is 3. The topological polar surface area (TPSA) is 63.0 Å². The molecule has 0 aliphatic carbocycles. The molecule has 2 saturated heterocycles. The Hall–Kier alpha value is -2.55. The maximum absolute atomic E-state index is 12.7. The summed E-state index contributed by atoms with van der Waals surface area (Å²) >= 11 is 5.91. The van der Waals surface area contributed by atoms with E-state index in [4.69, 9.17) is 11.6 Å². The van der Waals surface area contributed by atoms with Crippen molar-refractivity contribution in [3.8, 4) is 0 Å². The summed E-state index contributed by atoms with van der Waals surface area (Å²) in [6.07, 6.45) is 3.41. The standard InChI is InChI=1S/C18H18ClF2N7/c19-12-1-2-15(23-5-12)27-10-18(11-27)3-4-26(9-18)16-7-22-13-6-24-28(8-14(20)21)17(13)25-16/h1-2,5-7,14H,3-4,8-11H2. The molecule has 146 valence electrons. The minimum Gasteiger partial charge on any atom is -0.355 e. The van der Waals surface area contributed by atoms with Crippen molar-refractivity contribution < 1.29 is 8.78 Å². The van der Waals surface area contributed by atoms with Crippen LogP contribution < -0.4 is 9.80 Å². The van der Waals surface area contributed by atoms with Gasteiger partial charge in [-0.3, -0.25) is 0 Å². The molecule has 0 aromatic carbocycles. The lowest BCUT2D eigenvalue weighted by molar-refractivity contribution is 0.123. The van der Waals surface area contributed by atoms with Crippen LogP contribution in [0.25, 0.3) is 11.2 Å². The normalized spacial score (nSPS) is 18.4. The molecular formula is C18H18ClF2N7. The predicted molar refractivity (Wildman–Crippen MR) is 102 cm³/mol. The highest BCUT2D eigenvalue weighted by molar-refractivity contribution is 6.30. The van der Waals surface area contributed by atoms with E-state index in [1.807, 2.05) is 12.1 Å². The van der Waals surface area contributed by atoms with Crippen LogP contribution in [0.4, 0.5) is 20.4 Å². The second-order valence-corrected chi connectivity index (χ2v) is 7.95. The number of hydrogen-bond donors (Lipinski definition) is 0. The van der Waals surface area contributed by atoms with Gasteiger partial charge >= 0.3 is 0 Å². The Morgan fingerprint density at radius 3 is 2.61 bits per heavy atom.